The molecular weight excluding hydrogens is 244 g/mol. The number of fused-ring (bicyclic) bond motifs is 2. The molecule has 2 saturated heterocycles. The third kappa shape index (κ3) is 2.03. The van der Waals surface area contributed by atoms with Crippen molar-refractivity contribution in [3.8, 4) is 0 Å². The van der Waals surface area contributed by atoms with Crippen LogP contribution in [0.3, 0.4) is 0 Å². The molecule has 2 aliphatic rings. The second-order valence-corrected chi connectivity index (χ2v) is 5.20. The number of amides is 2. The minimum Gasteiger partial charge on any atom is -0.479 e. The number of carbonyl (C=O) groups is 2. The summed E-state index contributed by atoms with van der Waals surface area (Å²) < 4.78 is 0. The molecule has 2 bridgehead atoms. The van der Waals surface area contributed by atoms with Gasteiger partial charge < -0.3 is 14.9 Å². The minimum atomic E-state index is -0.984. The first kappa shape index (κ1) is 13.6. The fraction of sp³-hybridized carbons (Fsp3) is 0.571. The molecule has 1 N–H and O–H groups in total. The fourth-order valence-corrected chi connectivity index (χ4v) is 3.28. The van der Waals surface area contributed by atoms with Gasteiger partial charge in [-0.25, -0.2) is 9.59 Å². The highest BCUT2D eigenvalue weighted by atomic mass is 16.4. The van der Waals surface area contributed by atoms with E-state index >= 15 is 0 Å². The molecule has 2 amide bonds. The van der Waals surface area contributed by atoms with Gasteiger partial charge in [-0.2, -0.15) is 0 Å². The summed E-state index contributed by atoms with van der Waals surface area (Å²) in [6.07, 6.45) is 5.99. The molecule has 2 aliphatic heterocycles. The van der Waals surface area contributed by atoms with Crippen molar-refractivity contribution in [2.45, 2.75) is 37.3 Å². The second-order valence-electron chi connectivity index (χ2n) is 5.20. The van der Waals surface area contributed by atoms with Crippen LogP contribution in [0, 0.1) is 0 Å². The number of nitrogens with zero attached hydrogens (tertiary/aromatic N) is 2. The maximum atomic E-state index is 12.6. The van der Waals surface area contributed by atoms with Crippen molar-refractivity contribution in [1.82, 2.24) is 9.80 Å². The molecule has 0 radical (unpaired) electrons. The molecule has 104 valence electrons. The molecule has 2 fully saturated rings. The molecule has 5 heteroatoms. The molecular formula is C14H20N2O3. The molecule has 2 rings (SSSR count). The van der Waals surface area contributed by atoms with Crippen LogP contribution in [-0.4, -0.2) is 51.6 Å². The summed E-state index contributed by atoms with van der Waals surface area (Å²) in [5.41, 5.74) is -0.984. The van der Waals surface area contributed by atoms with E-state index in [1.165, 1.54) is 0 Å². The number of aliphatic carboxylic acids is 1. The number of hydrogen-bond donors (Lipinski definition) is 1. The summed E-state index contributed by atoms with van der Waals surface area (Å²) in [6, 6.07) is -0.136. The van der Waals surface area contributed by atoms with E-state index in [0.29, 0.717) is 25.9 Å². The molecule has 0 aliphatic carbocycles. The average molecular weight is 264 g/mol. The molecule has 19 heavy (non-hydrogen) atoms. The van der Waals surface area contributed by atoms with Gasteiger partial charge in [0.05, 0.1) is 0 Å². The lowest BCUT2D eigenvalue weighted by molar-refractivity contribution is -0.147. The smallest absolute Gasteiger partial charge is 0.329 e. The van der Waals surface area contributed by atoms with Gasteiger partial charge in [-0.05, 0) is 25.7 Å². The van der Waals surface area contributed by atoms with Crippen molar-refractivity contribution < 1.29 is 14.7 Å². The highest BCUT2D eigenvalue weighted by Gasteiger charge is 2.59. The van der Waals surface area contributed by atoms with E-state index in [1.54, 1.807) is 22.0 Å². The quantitative estimate of drug-likeness (QED) is 0.771. The van der Waals surface area contributed by atoms with Gasteiger partial charge in [-0.3, -0.25) is 0 Å². The molecule has 0 aromatic heterocycles. The molecule has 2 heterocycles. The first-order chi connectivity index (χ1) is 9.06. The van der Waals surface area contributed by atoms with Crippen molar-refractivity contribution in [2.75, 3.05) is 13.1 Å². The molecule has 0 aromatic carbocycles. The number of urea groups is 1. The molecule has 0 aromatic rings. The average Bonchev–Trinajstić information content (AvgIpc) is 2.94. The Morgan fingerprint density at radius 2 is 1.79 bits per heavy atom. The highest BCUT2D eigenvalue weighted by molar-refractivity contribution is 5.88. The zero-order chi connectivity index (χ0) is 14.0. The van der Waals surface area contributed by atoms with E-state index in [-0.39, 0.29) is 12.1 Å². The van der Waals surface area contributed by atoms with Crippen LogP contribution < -0.4 is 0 Å². The Balaban J connectivity index is 2.24. The minimum absolute atomic E-state index is 0.0701. The number of hydrogen-bond acceptors (Lipinski definition) is 2. The zero-order valence-corrected chi connectivity index (χ0v) is 11.0. The number of carboxylic acid groups (broad SMARTS) is 1. The van der Waals surface area contributed by atoms with Crippen LogP contribution in [-0.2, 0) is 4.79 Å². The topological polar surface area (TPSA) is 60.9 Å². The maximum absolute atomic E-state index is 12.6. The first-order valence-corrected chi connectivity index (χ1v) is 6.60. The van der Waals surface area contributed by atoms with E-state index < -0.39 is 11.5 Å². The lowest BCUT2D eigenvalue weighted by Gasteiger charge is -2.34. The normalized spacial score (nSPS) is 28.2. The fourth-order valence-electron chi connectivity index (χ4n) is 3.28. The van der Waals surface area contributed by atoms with Crippen LogP contribution >= 0.6 is 0 Å². The SMILES string of the molecule is C=CCN(CC=C)C(=O)N1C2CCC1(C(=O)O)CC2. The van der Waals surface area contributed by atoms with Crippen molar-refractivity contribution in [3.05, 3.63) is 25.3 Å². The summed E-state index contributed by atoms with van der Waals surface area (Å²) in [4.78, 5) is 27.3. The molecule has 0 atom stereocenters. The third-order valence-electron chi connectivity index (χ3n) is 4.18. The number of rotatable bonds is 5. The van der Waals surface area contributed by atoms with Crippen LogP contribution in [0.15, 0.2) is 25.3 Å². The van der Waals surface area contributed by atoms with Crippen LogP contribution in [0.2, 0.25) is 0 Å². The predicted octanol–water partition coefficient (Wildman–Crippen LogP) is 1.86. The Hall–Kier alpha value is -1.78. The van der Waals surface area contributed by atoms with Gasteiger partial charge in [0.1, 0.15) is 5.54 Å². The van der Waals surface area contributed by atoms with E-state index in [4.69, 9.17) is 0 Å². The third-order valence-corrected chi connectivity index (χ3v) is 4.18. The summed E-state index contributed by atoms with van der Waals surface area (Å²) in [5, 5.41) is 9.50. The lowest BCUT2D eigenvalue weighted by atomic mass is 9.88. The van der Waals surface area contributed by atoms with E-state index in [9.17, 15) is 14.7 Å². The van der Waals surface area contributed by atoms with Crippen molar-refractivity contribution >= 4 is 12.0 Å². The summed E-state index contributed by atoms with van der Waals surface area (Å²) in [5.74, 6) is -0.877. The van der Waals surface area contributed by atoms with Crippen LogP contribution in [0.4, 0.5) is 4.79 Å². The van der Waals surface area contributed by atoms with Gasteiger partial charge in [0.15, 0.2) is 0 Å². The second kappa shape index (κ2) is 5.07. The standard InChI is InChI=1S/C14H20N2O3/c1-3-9-15(10-4-2)13(19)16-11-5-7-14(16,8-6-11)12(17)18/h3-4,11H,1-2,5-10H2,(H,17,18). The number of carbonyl (C=O) groups excluding carboxylic acids is 1. The van der Waals surface area contributed by atoms with E-state index in [2.05, 4.69) is 13.2 Å². The van der Waals surface area contributed by atoms with E-state index in [1.807, 2.05) is 0 Å². The van der Waals surface area contributed by atoms with Gasteiger partial charge in [0.2, 0.25) is 0 Å². The van der Waals surface area contributed by atoms with Gasteiger partial charge in [-0.1, -0.05) is 12.2 Å². The number of carboxylic acids is 1. The lowest BCUT2D eigenvalue weighted by Crippen LogP contribution is -2.55. The van der Waals surface area contributed by atoms with Gasteiger partial charge in [0, 0.05) is 19.1 Å². The molecule has 0 unspecified atom stereocenters. The first-order valence-electron chi connectivity index (χ1n) is 6.60. The zero-order valence-electron chi connectivity index (χ0n) is 11.0. The van der Waals surface area contributed by atoms with Gasteiger partial charge >= 0.3 is 12.0 Å². The van der Waals surface area contributed by atoms with E-state index in [0.717, 1.165) is 12.8 Å². The Kier molecular flexibility index (Phi) is 3.64. The Bertz CT molecular complexity index is 401. The van der Waals surface area contributed by atoms with Crippen molar-refractivity contribution in [3.63, 3.8) is 0 Å². The summed E-state index contributed by atoms with van der Waals surface area (Å²) in [7, 11) is 0. The van der Waals surface area contributed by atoms with Gasteiger partial charge in [0.25, 0.3) is 0 Å². The Morgan fingerprint density at radius 3 is 2.21 bits per heavy atom. The predicted molar refractivity (Wildman–Crippen MR) is 71.8 cm³/mol. The molecule has 0 saturated carbocycles. The van der Waals surface area contributed by atoms with Crippen molar-refractivity contribution in [1.29, 1.82) is 0 Å². The molecule has 0 spiro atoms. The largest absolute Gasteiger partial charge is 0.479 e. The maximum Gasteiger partial charge on any atom is 0.329 e. The van der Waals surface area contributed by atoms with Gasteiger partial charge in [-0.15, -0.1) is 13.2 Å². The van der Waals surface area contributed by atoms with Crippen LogP contribution in [0.1, 0.15) is 25.7 Å². The summed E-state index contributed by atoms with van der Waals surface area (Å²) >= 11 is 0. The van der Waals surface area contributed by atoms with Crippen molar-refractivity contribution in [2.24, 2.45) is 0 Å². The molecule has 5 nitrogen and oxygen atoms in total. The Labute approximate surface area is 113 Å². The monoisotopic (exact) mass is 264 g/mol. The Morgan fingerprint density at radius 1 is 1.26 bits per heavy atom. The van der Waals surface area contributed by atoms with Crippen LogP contribution in [0.25, 0.3) is 0 Å². The summed E-state index contributed by atoms with van der Waals surface area (Å²) in [6.45, 7) is 8.08. The van der Waals surface area contributed by atoms with Crippen LogP contribution in [0.5, 0.6) is 0 Å². The highest BCUT2D eigenvalue weighted by Crippen LogP contribution is 2.47.